The second kappa shape index (κ2) is 9.43. The maximum absolute atomic E-state index is 12.3. The Bertz CT molecular complexity index is 714. The topological polar surface area (TPSA) is 108 Å². The maximum atomic E-state index is 12.3. The number of carbonyl (C=O) groups excluding carboxylic acids is 1. The molecule has 3 heterocycles. The molecule has 9 nitrogen and oxygen atoms in total. The molecule has 0 aliphatic carbocycles. The Hall–Kier alpha value is -2.52. The number of hydrogen-bond donors (Lipinski definition) is 3. The van der Waals surface area contributed by atoms with Gasteiger partial charge in [0.2, 0.25) is 5.95 Å². The van der Waals surface area contributed by atoms with Crippen molar-refractivity contribution in [3.63, 3.8) is 0 Å². The van der Waals surface area contributed by atoms with Crippen molar-refractivity contribution in [1.82, 2.24) is 30.4 Å². The number of nitrogens with one attached hydrogen (secondary N) is 3. The number of rotatable bonds is 7. The fourth-order valence-corrected chi connectivity index (χ4v) is 3.08. The van der Waals surface area contributed by atoms with Crippen molar-refractivity contribution in [3.8, 4) is 0 Å². The van der Waals surface area contributed by atoms with E-state index in [1.165, 1.54) is 0 Å². The minimum absolute atomic E-state index is 0.0389. The lowest BCUT2D eigenvalue weighted by atomic mass is 10.1. The van der Waals surface area contributed by atoms with Crippen LogP contribution >= 0.6 is 0 Å². The number of aromatic amines is 1. The fourth-order valence-electron chi connectivity index (χ4n) is 3.08. The molecule has 0 saturated carbocycles. The first-order chi connectivity index (χ1) is 13.1. The molecule has 2 aromatic rings. The molecular formula is C18H27N7O2. The van der Waals surface area contributed by atoms with Gasteiger partial charge in [-0.15, -0.1) is 5.10 Å². The zero-order valence-corrected chi connectivity index (χ0v) is 15.8. The van der Waals surface area contributed by atoms with Gasteiger partial charge in [-0.1, -0.05) is 19.9 Å². The number of carbonyl (C=O) groups is 1. The van der Waals surface area contributed by atoms with E-state index in [2.05, 4.69) is 49.5 Å². The van der Waals surface area contributed by atoms with Gasteiger partial charge < -0.3 is 10.1 Å². The van der Waals surface area contributed by atoms with Crippen molar-refractivity contribution in [3.05, 3.63) is 35.9 Å². The van der Waals surface area contributed by atoms with Crippen molar-refractivity contribution < 1.29 is 9.53 Å². The molecule has 1 atom stereocenters. The normalized spacial score (nSPS) is 16.3. The summed E-state index contributed by atoms with van der Waals surface area (Å²) in [6.07, 6.45) is 4.38. The summed E-state index contributed by atoms with van der Waals surface area (Å²) in [5, 5.41) is 12.5. The number of amides is 2. The first-order valence-corrected chi connectivity index (χ1v) is 9.29. The average molecular weight is 373 g/mol. The van der Waals surface area contributed by atoms with Crippen LogP contribution in [0.4, 0.5) is 10.7 Å². The molecule has 1 saturated heterocycles. The molecular weight excluding hydrogens is 346 g/mol. The van der Waals surface area contributed by atoms with Crippen LogP contribution in [0.5, 0.6) is 0 Å². The number of nitrogens with zero attached hydrogens (tertiary/aromatic N) is 4. The Kier molecular flexibility index (Phi) is 6.72. The van der Waals surface area contributed by atoms with Crippen LogP contribution in [-0.4, -0.2) is 63.9 Å². The smallest absolute Gasteiger partial charge is 0.321 e. The third kappa shape index (κ3) is 5.73. The van der Waals surface area contributed by atoms with Gasteiger partial charge in [0, 0.05) is 38.4 Å². The van der Waals surface area contributed by atoms with E-state index in [-0.39, 0.29) is 18.0 Å². The monoisotopic (exact) mass is 373 g/mol. The van der Waals surface area contributed by atoms with E-state index < -0.39 is 0 Å². The Balaban J connectivity index is 1.57. The minimum Gasteiger partial charge on any atom is -0.379 e. The van der Waals surface area contributed by atoms with Crippen LogP contribution in [0.1, 0.15) is 31.3 Å². The quantitative estimate of drug-likeness (QED) is 0.680. The third-order valence-electron chi connectivity index (χ3n) is 4.37. The second-order valence-electron chi connectivity index (χ2n) is 6.99. The predicted molar refractivity (Wildman–Crippen MR) is 101 cm³/mol. The van der Waals surface area contributed by atoms with Crippen LogP contribution in [0.2, 0.25) is 0 Å². The number of ether oxygens (including phenoxy) is 1. The van der Waals surface area contributed by atoms with E-state index >= 15 is 0 Å². The van der Waals surface area contributed by atoms with Crippen LogP contribution in [0.15, 0.2) is 24.5 Å². The van der Waals surface area contributed by atoms with Gasteiger partial charge >= 0.3 is 6.03 Å². The lowest BCUT2D eigenvalue weighted by Crippen LogP contribution is -2.44. The number of hydrogen-bond acceptors (Lipinski definition) is 6. The first kappa shape index (κ1) is 19.2. The molecule has 0 radical (unpaired) electrons. The van der Waals surface area contributed by atoms with Gasteiger partial charge in [-0.25, -0.2) is 4.79 Å². The Morgan fingerprint density at radius 1 is 1.37 bits per heavy atom. The lowest BCUT2D eigenvalue weighted by molar-refractivity contribution is 0.0167. The van der Waals surface area contributed by atoms with Gasteiger partial charge in [0.25, 0.3) is 0 Å². The van der Waals surface area contributed by atoms with E-state index in [9.17, 15) is 4.79 Å². The highest BCUT2D eigenvalue weighted by atomic mass is 16.5. The summed E-state index contributed by atoms with van der Waals surface area (Å²) in [6, 6.07) is 3.65. The minimum atomic E-state index is -0.327. The fraction of sp³-hybridized carbons (Fsp3) is 0.556. The molecule has 2 amide bonds. The molecule has 146 valence electrons. The summed E-state index contributed by atoms with van der Waals surface area (Å²) >= 11 is 0. The third-order valence-corrected chi connectivity index (χ3v) is 4.37. The maximum Gasteiger partial charge on any atom is 0.321 e. The van der Waals surface area contributed by atoms with Crippen LogP contribution in [0.25, 0.3) is 0 Å². The molecule has 1 aliphatic heterocycles. The zero-order chi connectivity index (χ0) is 19.1. The van der Waals surface area contributed by atoms with E-state index in [1.54, 1.807) is 6.20 Å². The highest BCUT2D eigenvalue weighted by Gasteiger charge is 2.23. The number of H-pyrrole nitrogens is 1. The Labute approximate surface area is 158 Å². The van der Waals surface area contributed by atoms with Crippen LogP contribution in [0, 0.1) is 5.92 Å². The van der Waals surface area contributed by atoms with Crippen LogP contribution < -0.4 is 10.6 Å². The highest BCUT2D eigenvalue weighted by molar-refractivity contribution is 5.87. The molecule has 0 unspecified atom stereocenters. The number of morpholine rings is 1. The Morgan fingerprint density at radius 3 is 2.89 bits per heavy atom. The van der Waals surface area contributed by atoms with Crippen molar-refractivity contribution in [2.24, 2.45) is 5.92 Å². The summed E-state index contributed by atoms with van der Waals surface area (Å²) in [6.45, 7) is 7.70. The summed E-state index contributed by atoms with van der Waals surface area (Å²) in [5.74, 6) is 1.52. The van der Waals surface area contributed by atoms with Crippen LogP contribution in [0.3, 0.4) is 0 Å². The van der Waals surface area contributed by atoms with Gasteiger partial charge in [0.15, 0.2) is 0 Å². The van der Waals surface area contributed by atoms with E-state index in [4.69, 9.17) is 4.74 Å². The van der Waals surface area contributed by atoms with E-state index in [0.717, 1.165) is 30.9 Å². The van der Waals surface area contributed by atoms with E-state index in [1.807, 2.05) is 18.3 Å². The second-order valence-corrected chi connectivity index (χ2v) is 6.99. The molecule has 3 rings (SSSR count). The predicted octanol–water partition coefficient (Wildman–Crippen LogP) is 1.59. The summed E-state index contributed by atoms with van der Waals surface area (Å²) in [7, 11) is 0. The summed E-state index contributed by atoms with van der Waals surface area (Å²) in [5.41, 5.74) is 1.07. The number of aromatic nitrogens is 4. The van der Waals surface area contributed by atoms with Crippen LogP contribution in [-0.2, 0) is 11.2 Å². The van der Waals surface area contributed by atoms with Crippen molar-refractivity contribution >= 4 is 12.0 Å². The summed E-state index contributed by atoms with van der Waals surface area (Å²) < 4.78 is 5.44. The van der Waals surface area contributed by atoms with Crippen molar-refractivity contribution in [2.75, 3.05) is 38.2 Å². The first-order valence-electron chi connectivity index (χ1n) is 9.29. The molecule has 3 N–H and O–H groups in total. The summed E-state index contributed by atoms with van der Waals surface area (Å²) in [4.78, 5) is 23.1. The Morgan fingerprint density at radius 2 is 2.19 bits per heavy atom. The molecule has 9 heteroatoms. The molecule has 27 heavy (non-hydrogen) atoms. The lowest BCUT2D eigenvalue weighted by Gasteiger charge is -2.34. The molecule has 1 aliphatic rings. The van der Waals surface area contributed by atoms with Crippen molar-refractivity contribution in [1.29, 1.82) is 0 Å². The van der Waals surface area contributed by atoms with Gasteiger partial charge in [-0.2, -0.15) is 4.98 Å². The molecule has 1 fully saturated rings. The van der Waals surface area contributed by atoms with E-state index in [0.29, 0.717) is 25.7 Å². The number of urea groups is 1. The highest BCUT2D eigenvalue weighted by Crippen LogP contribution is 2.20. The average Bonchev–Trinajstić information content (AvgIpc) is 3.09. The van der Waals surface area contributed by atoms with Gasteiger partial charge in [-0.05, 0) is 17.5 Å². The molecule has 0 bridgehead atoms. The standard InChI is InChI=1S/C18H27N7O2/c1-13(2)10-16-21-17(24-23-16)22-18(26)20-12-15(14-4-3-5-19-11-14)25-6-8-27-9-7-25/h3-5,11,13,15H,6-10,12H2,1-2H3,(H3,20,21,22,23,24,26)/t15-/m1/s1. The number of pyridine rings is 1. The largest absolute Gasteiger partial charge is 0.379 e. The van der Waals surface area contributed by atoms with Gasteiger partial charge in [0.1, 0.15) is 5.82 Å². The molecule has 2 aromatic heterocycles. The number of anilines is 1. The SMILES string of the molecule is CC(C)Cc1nc(NC(=O)NC[C@H](c2cccnc2)N2CCOCC2)n[nH]1. The van der Waals surface area contributed by atoms with Gasteiger partial charge in [0.05, 0.1) is 19.3 Å². The molecule has 0 spiro atoms. The van der Waals surface area contributed by atoms with Gasteiger partial charge in [-0.3, -0.25) is 20.3 Å². The molecule has 0 aromatic carbocycles. The van der Waals surface area contributed by atoms with Crippen molar-refractivity contribution in [2.45, 2.75) is 26.3 Å². The zero-order valence-electron chi connectivity index (χ0n) is 15.8.